The molecule has 0 aromatic carbocycles. The van der Waals surface area contributed by atoms with Crippen molar-refractivity contribution in [1.29, 1.82) is 0 Å². The lowest BCUT2D eigenvalue weighted by Crippen LogP contribution is -2.51. The lowest BCUT2D eigenvalue weighted by Gasteiger charge is -2.47. The normalized spacial score (nSPS) is 27.6. The molecule has 4 aliphatic rings. The first-order valence-corrected chi connectivity index (χ1v) is 6.81. The van der Waals surface area contributed by atoms with E-state index in [4.69, 9.17) is 9.47 Å². The number of hydrogen-bond donors (Lipinski definition) is 0. The highest BCUT2D eigenvalue weighted by Crippen LogP contribution is 2.30. The molecule has 1 atom stereocenters. The lowest BCUT2D eigenvalue weighted by atomic mass is 10.0. The Labute approximate surface area is 109 Å². The van der Waals surface area contributed by atoms with Gasteiger partial charge in [0.05, 0.1) is 0 Å². The Balaban J connectivity index is 1.72. The van der Waals surface area contributed by atoms with Crippen LogP contribution < -0.4 is 0 Å². The molecule has 4 rings (SSSR count). The zero-order chi connectivity index (χ0) is 12.7. The van der Waals surface area contributed by atoms with Crippen LogP contribution in [0.2, 0.25) is 0 Å². The van der Waals surface area contributed by atoms with E-state index in [2.05, 4.69) is 16.7 Å². The van der Waals surface area contributed by atoms with Gasteiger partial charge in [0.15, 0.2) is 0 Å². The van der Waals surface area contributed by atoms with Crippen molar-refractivity contribution in [3.05, 3.63) is 22.9 Å². The number of allylic oxidation sites excluding steroid dienone is 3. The molecule has 0 spiro atoms. The van der Waals surface area contributed by atoms with E-state index in [9.17, 15) is 0 Å². The fraction of sp³-hybridized carbons (Fsp3) is 0.714. The first-order valence-electron chi connectivity index (χ1n) is 6.81. The lowest BCUT2D eigenvalue weighted by molar-refractivity contribution is -0.00805. The number of piperazine rings is 1. The fourth-order valence-corrected chi connectivity index (χ4v) is 3.00. The van der Waals surface area contributed by atoms with Crippen molar-refractivity contribution < 1.29 is 9.47 Å². The predicted molar refractivity (Wildman–Crippen MR) is 69.7 cm³/mol. The summed E-state index contributed by atoms with van der Waals surface area (Å²) >= 11 is 0. The van der Waals surface area contributed by atoms with Crippen LogP contribution >= 0.6 is 0 Å². The number of nitrogens with zero attached hydrogens (tertiary/aromatic N) is 2. The summed E-state index contributed by atoms with van der Waals surface area (Å²) in [5.74, 6) is 1.85. The van der Waals surface area contributed by atoms with Gasteiger partial charge in [-0.15, -0.1) is 0 Å². The molecule has 0 radical (unpaired) electrons. The maximum Gasteiger partial charge on any atom is 0.138 e. The van der Waals surface area contributed by atoms with Crippen LogP contribution in [0.1, 0.15) is 27.2 Å². The van der Waals surface area contributed by atoms with E-state index in [1.807, 2.05) is 13.8 Å². The summed E-state index contributed by atoms with van der Waals surface area (Å²) in [6.45, 7) is 11.5. The van der Waals surface area contributed by atoms with E-state index in [1.54, 1.807) is 0 Å². The van der Waals surface area contributed by atoms with Gasteiger partial charge in [-0.1, -0.05) is 0 Å². The fourth-order valence-electron chi connectivity index (χ4n) is 3.00. The molecule has 1 saturated heterocycles. The maximum atomic E-state index is 5.93. The molecule has 0 N–H and O–H groups in total. The van der Waals surface area contributed by atoms with Gasteiger partial charge < -0.3 is 19.3 Å². The summed E-state index contributed by atoms with van der Waals surface area (Å²) in [5, 5.41) is 0. The van der Waals surface area contributed by atoms with Crippen LogP contribution in [-0.4, -0.2) is 48.7 Å². The smallest absolute Gasteiger partial charge is 0.138 e. The van der Waals surface area contributed by atoms with Gasteiger partial charge in [0.2, 0.25) is 0 Å². The Morgan fingerprint density at radius 2 is 1.67 bits per heavy atom. The molecule has 1 unspecified atom stereocenters. The van der Waals surface area contributed by atoms with Gasteiger partial charge in [-0.05, 0) is 20.8 Å². The van der Waals surface area contributed by atoms with Gasteiger partial charge in [-0.3, -0.25) is 0 Å². The first-order chi connectivity index (χ1) is 8.65. The second kappa shape index (κ2) is 4.41. The van der Waals surface area contributed by atoms with E-state index >= 15 is 0 Å². The van der Waals surface area contributed by atoms with Crippen molar-refractivity contribution in [3.63, 3.8) is 0 Å². The summed E-state index contributed by atoms with van der Waals surface area (Å²) in [6, 6.07) is 0. The van der Waals surface area contributed by atoms with Gasteiger partial charge in [-0.2, -0.15) is 0 Å². The summed E-state index contributed by atoms with van der Waals surface area (Å²) in [4.78, 5) is 5.01. The van der Waals surface area contributed by atoms with E-state index in [0.717, 1.165) is 31.0 Å². The minimum atomic E-state index is 0.166. The molecule has 4 heterocycles. The number of hydrogen-bond acceptors (Lipinski definition) is 4. The Bertz CT molecular complexity index is 406. The molecule has 1 fully saturated rings. The molecular weight excluding hydrogens is 228 g/mol. The Kier molecular flexibility index (Phi) is 2.88. The first kappa shape index (κ1) is 11.8. The third kappa shape index (κ3) is 1.93. The highest BCUT2D eigenvalue weighted by atomic mass is 16.6. The van der Waals surface area contributed by atoms with E-state index in [-0.39, 0.29) is 6.10 Å². The van der Waals surface area contributed by atoms with Crippen molar-refractivity contribution in [2.45, 2.75) is 33.3 Å². The molecule has 0 saturated carbocycles. The van der Waals surface area contributed by atoms with Crippen LogP contribution in [0, 0.1) is 0 Å². The Morgan fingerprint density at radius 3 is 2.28 bits per heavy atom. The molecule has 4 heteroatoms. The van der Waals surface area contributed by atoms with Crippen LogP contribution in [0.25, 0.3) is 0 Å². The van der Waals surface area contributed by atoms with Crippen LogP contribution in [0.15, 0.2) is 22.9 Å². The molecule has 0 aromatic rings. The van der Waals surface area contributed by atoms with Crippen molar-refractivity contribution in [2.75, 3.05) is 32.8 Å². The topological polar surface area (TPSA) is 24.9 Å². The zero-order valence-electron chi connectivity index (χ0n) is 11.5. The quantitative estimate of drug-likeness (QED) is 0.747. The Hall–Kier alpha value is -1.32. The molecule has 0 aliphatic carbocycles. The van der Waals surface area contributed by atoms with Gasteiger partial charge in [0.25, 0.3) is 0 Å². The Morgan fingerprint density at radius 1 is 1.00 bits per heavy atom. The van der Waals surface area contributed by atoms with Crippen molar-refractivity contribution >= 4 is 0 Å². The molecule has 0 aromatic heterocycles. The van der Waals surface area contributed by atoms with E-state index < -0.39 is 0 Å². The van der Waals surface area contributed by atoms with Crippen molar-refractivity contribution in [2.24, 2.45) is 0 Å². The van der Waals surface area contributed by atoms with E-state index in [1.165, 1.54) is 24.5 Å². The molecule has 4 nitrogen and oxygen atoms in total. The summed E-state index contributed by atoms with van der Waals surface area (Å²) in [7, 11) is 0. The van der Waals surface area contributed by atoms with Crippen molar-refractivity contribution in [3.8, 4) is 0 Å². The minimum absolute atomic E-state index is 0.166. The SMILES string of the molecule is CC1=C(C)OC(CC2=C(C)N3CCN2CC3)CO1. The summed E-state index contributed by atoms with van der Waals surface area (Å²) < 4.78 is 11.6. The van der Waals surface area contributed by atoms with Gasteiger partial charge in [0.1, 0.15) is 24.2 Å². The third-order valence-electron chi connectivity index (χ3n) is 4.30. The molecule has 0 amide bonds. The van der Waals surface area contributed by atoms with Gasteiger partial charge in [-0.25, -0.2) is 0 Å². The highest BCUT2D eigenvalue weighted by molar-refractivity contribution is 5.18. The van der Waals surface area contributed by atoms with Crippen LogP contribution in [0.3, 0.4) is 0 Å². The van der Waals surface area contributed by atoms with E-state index in [0.29, 0.717) is 6.61 Å². The second-order valence-electron chi connectivity index (χ2n) is 5.37. The summed E-state index contributed by atoms with van der Waals surface area (Å²) in [6.07, 6.45) is 1.13. The van der Waals surface area contributed by atoms with Gasteiger partial charge in [0, 0.05) is 44.0 Å². The average Bonchev–Trinajstić information content (AvgIpc) is 2.38. The van der Waals surface area contributed by atoms with Gasteiger partial charge >= 0.3 is 0 Å². The largest absolute Gasteiger partial charge is 0.491 e. The monoisotopic (exact) mass is 250 g/mol. The van der Waals surface area contributed by atoms with Crippen LogP contribution in [-0.2, 0) is 9.47 Å². The predicted octanol–water partition coefficient (Wildman–Crippen LogP) is 1.91. The molecule has 2 bridgehead atoms. The second-order valence-corrected chi connectivity index (χ2v) is 5.37. The number of ether oxygens (including phenoxy) is 2. The number of fused-ring (bicyclic) bond motifs is 2. The highest BCUT2D eigenvalue weighted by Gasteiger charge is 2.31. The number of rotatable bonds is 2. The molecule has 100 valence electrons. The minimum Gasteiger partial charge on any atom is -0.491 e. The third-order valence-corrected chi connectivity index (χ3v) is 4.30. The van der Waals surface area contributed by atoms with Crippen LogP contribution in [0.5, 0.6) is 0 Å². The maximum absolute atomic E-state index is 5.93. The summed E-state index contributed by atoms with van der Waals surface area (Å²) in [5.41, 5.74) is 2.88. The molecular formula is C14H22N2O2. The standard InChI is InChI=1S/C14H22N2O2/c1-10-14(16-6-4-15(10)5-7-16)8-13-9-17-11(2)12(3)18-13/h13H,4-9H2,1-3H3. The van der Waals surface area contributed by atoms with Crippen LogP contribution in [0.4, 0.5) is 0 Å². The molecule has 4 aliphatic heterocycles. The van der Waals surface area contributed by atoms with Crippen molar-refractivity contribution in [1.82, 2.24) is 9.80 Å². The molecule has 18 heavy (non-hydrogen) atoms. The zero-order valence-corrected chi connectivity index (χ0v) is 11.5. The average molecular weight is 250 g/mol.